The molecular formula is C36H72N2. The number of rotatable bonds is 30. The molecule has 0 bridgehead atoms. The summed E-state index contributed by atoms with van der Waals surface area (Å²) in [6, 6.07) is 0. The number of hydrogen-bond donors (Lipinski definition) is 0. The zero-order valence-corrected chi connectivity index (χ0v) is 26.8. The van der Waals surface area contributed by atoms with Gasteiger partial charge in [0, 0.05) is 25.5 Å². The Labute approximate surface area is 241 Å². The van der Waals surface area contributed by atoms with Gasteiger partial charge in [0.1, 0.15) is 6.17 Å². The number of nitrogens with zero attached hydrogens (tertiary/aromatic N) is 2. The van der Waals surface area contributed by atoms with E-state index in [1.165, 1.54) is 193 Å². The van der Waals surface area contributed by atoms with E-state index >= 15 is 0 Å². The Morgan fingerprint density at radius 2 is 0.605 bits per heavy atom. The van der Waals surface area contributed by atoms with Gasteiger partial charge in [-0.25, -0.2) is 0 Å². The summed E-state index contributed by atoms with van der Waals surface area (Å²) in [5.41, 5.74) is 0. The van der Waals surface area contributed by atoms with Gasteiger partial charge in [-0.1, -0.05) is 175 Å². The third kappa shape index (κ3) is 20.3. The van der Waals surface area contributed by atoms with Crippen molar-refractivity contribution in [1.29, 1.82) is 0 Å². The van der Waals surface area contributed by atoms with Crippen LogP contribution < -0.4 is 0 Å². The van der Waals surface area contributed by atoms with Crippen molar-refractivity contribution in [2.75, 3.05) is 13.1 Å². The van der Waals surface area contributed by atoms with Gasteiger partial charge in [-0.3, -0.25) is 0 Å². The highest BCUT2D eigenvalue weighted by Gasteiger charge is 2.24. The minimum absolute atomic E-state index is 0.641. The van der Waals surface area contributed by atoms with Gasteiger partial charge in [0.25, 0.3) is 0 Å². The largest absolute Gasteiger partial charge is 0.356 e. The Balaban J connectivity index is 2.11. The molecule has 0 radical (unpaired) electrons. The van der Waals surface area contributed by atoms with Crippen molar-refractivity contribution in [2.24, 2.45) is 0 Å². The minimum Gasteiger partial charge on any atom is -0.356 e. The maximum atomic E-state index is 2.69. The quantitative estimate of drug-likeness (QED) is 0.0848. The van der Waals surface area contributed by atoms with Crippen LogP contribution >= 0.6 is 0 Å². The molecule has 1 aliphatic heterocycles. The lowest BCUT2D eigenvalue weighted by molar-refractivity contribution is 0.135. The SMILES string of the molecule is CCCCCCCCCCCCCCCCC1N(CCCCC)C=CN1CCCCCCCCCCCC. The molecule has 0 aromatic heterocycles. The van der Waals surface area contributed by atoms with Gasteiger partial charge in [0.15, 0.2) is 0 Å². The molecule has 1 heterocycles. The summed E-state index contributed by atoms with van der Waals surface area (Å²) in [5, 5.41) is 0. The van der Waals surface area contributed by atoms with Crippen molar-refractivity contribution in [1.82, 2.24) is 9.80 Å². The third-order valence-electron chi connectivity index (χ3n) is 8.82. The topological polar surface area (TPSA) is 6.48 Å². The van der Waals surface area contributed by atoms with Crippen molar-refractivity contribution in [2.45, 2.75) is 207 Å². The standard InChI is InChI=1S/C36H72N2/c1-4-7-10-12-14-16-18-19-20-21-22-24-26-28-31-36-37(32-29-9-6-3)34-35-38(36)33-30-27-25-23-17-15-13-11-8-5-2/h34-36H,4-33H2,1-3H3. The van der Waals surface area contributed by atoms with Crippen LogP contribution in [0, 0.1) is 0 Å². The van der Waals surface area contributed by atoms with Crippen LogP contribution in [-0.4, -0.2) is 29.1 Å². The van der Waals surface area contributed by atoms with Gasteiger partial charge in [0.05, 0.1) is 0 Å². The van der Waals surface area contributed by atoms with Crippen LogP contribution in [0.2, 0.25) is 0 Å². The Bertz CT molecular complexity index is 488. The molecule has 226 valence electrons. The van der Waals surface area contributed by atoms with Crippen molar-refractivity contribution in [3.63, 3.8) is 0 Å². The fourth-order valence-corrected chi connectivity index (χ4v) is 6.19. The molecule has 0 saturated carbocycles. The van der Waals surface area contributed by atoms with Crippen LogP contribution in [0.5, 0.6) is 0 Å². The summed E-state index contributed by atoms with van der Waals surface area (Å²) in [6.07, 6.45) is 45.5. The van der Waals surface area contributed by atoms with Gasteiger partial charge < -0.3 is 9.80 Å². The summed E-state index contributed by atoms with van der Waals surface area (Å²) in [5.74, 6) is 0. The first-order valence-electron chi connectivity index (χ1n) is 18.0. The van der Waals surface area contributed by atoms with Gasteiger partial charge in [-0.05, 0) is 25.7 Å². The van der Waals surface area contributed by atoms with Crippen LogP contribution in [0.1, 0.15) is 201 Å². The molecule has 0 aromatic carbocycles. The molecule has 0 fully saturated rings. The maximum absolute atomic E-state index is 2.69. The first kappa shape index (κ1) is 35.4. The second-order valence-electron chi connectivity index (χ2n) is 12.5. The van der Waals surface area contributed by atoms with E-state index in [9.17, 15) is 0 Å². The van der Waals surface area contributed by atoms with E-state index in [4.69, 9.17) is 0 Å². The molecule has 0 spiro atoms. The summed E-state index contributed by atoms with van der Waals surface area (Å²) < 4.78 is 0. The molecule has 2 nitrogen and oxygen atoms in total. The normalized spacial score (nSPS) is 15.3. The van der Waals surface area contributed by atoms with Gasteiger partial charge in [0.2, 0.25) is 0 Å². The van der Waals surface area contributed by atoms with E-state index in [-0.39, 0.29) is 0 Å². The molecule has 38 heavy (non-hydrogen) atoms. The zero-order valence-electron chi connectivity index (χ0n) is 26.8. The highest BCUT2D eigenvalue weighted by molar-refractivity contribution is 4.97. The fraction of sp³-hybridized carbons (Fsp3) is 0.944. The molecule has 2 heteroatoms. The molecular weight excluding hydrogens is 460 g/mol. The van der Waals surface area contributed by atoms with E-state index in [0.29, 0.717) is 6.17 Å². The molecule has 1 unspecified atom stereocenters. The summed E-state index contributed by atoms with van der Waals surface area (Å²) in [7, 11) is 0. The Kier molecular flexibility index (Phi) is 26.0. The average molecular weight is 533 g/mol. The molecule has 0 aliphatic carbocycles. The Morgan fingerprint density at radius 3 is 0.974 bits per heavy atom. The molecule has 1 rings (SSSR count). The highest BCUT2D eigenvalue weighted by Crippen LogP contribution is 2.24. The lowest BCUT2D eigenvalue weighted by Crippen LogP contribution is -2.39. The smallest absolute Gasteiger partial charge is 0.101 e. The van der Waals surface area contributed by atoms with E-state index in [1.54, 1.807) is 0 Å². The molecule has 0 N–H and O–H groups in total. The Hall–Kier alpha value is -0.660. The minimum atomic E-state index is 0.641. The number of hydrogen-bond acceptors (Lipinski definition) is 2. The van der Waals surface area contributed by atoms with Gasteiger partial charge in [-0.2, -0.15) is 0 Å². The van der Waals surface area contributed by atoms with E-state index in [1.807, 2.05) is 0 Å². The maximum Gasteiger partial charge on any atom is 0.101 e. The molecule has 0 aromatic rings. The van der Waals surface area contributed by atoms with Crippen molar-refractivity contribution >= 4 is 0 Å². The van der Waals surface area contributed by atoms with Crippen LogP contribution in [0.25, 0.3) is 0 Å². The fourth-order valence-electron chi connectivity index (χ4n) is 6.19. The van der Waals surface area contributed by atoms with Gasteiger partial charge >= 0.3 is 0 Å². The van der Waals surface area contributed by atoms with Crippen molar-refractivity contribution in [3.8, 4) is 0 Å². The predicted molar refractivity (Wildman–Crippen MR) is 173 cm³/mol. The van der Waals surface area contributed by atoms with E-state index < -0.39 is 0 Å². The summed E-state index contributed by atoms with van der Waals surface area (Å²) in [6.45, 7) is 9.46. The van der Waals surface area contributed by atoms with Crippen LogP contribution in [0.3, 0.4) is 0 Å². The van der Waals surface area contributed by atoms with Crippen molar-refractivity contribution < 1.29 is 0 Å². The lowest BCUT2D eigenvalue weighted by atomic mass is 10.0. The first-order valence-corrected chi connectivity index (χ1v) is 18.0. The van der Waals surface area contributed by atoms with Crippen LogP contribution in [0.15, 0.2) is 12.4 Å². The highest BCUT2D eigenvalue weighted by atomic mass is 15.4. The monoisotopic (exact) mass is 533 g/mol. The molecule has 0 saturated heterocycles. The van der Waals surface area contributed by atoms with Gasteiger partial charge in [-0.15, -0.1) is 0 Å². The van der Waals surface area contributed by atoms with E-state index in [2.05, 4.69) is 43.0 Å². The number of unbranched alkanes of at least 4 members (excludes halogenated alkanes) is 24. The first-order chi connectivity index (χ1) is 18.8. The second kappa shape index (κ2) is 27.9. The lowest BCUT2D eigenvalue weighted by Gasteiger charge is -2.33. The Morgan fingerprint density at radius 1 is 0.342 bits per heavy atom. The molecule has 1 atom stereocenters. The van der Waals surface area contributed by atoms with Crippen LogP contribution in [-0.2, 0) is 0 Å². The zero-order chi connectivity index (χ0) is 27.4. The summed E-state index contributed by atoms with van der Waals surface area (Å²) >= 11 is 0. The van der Waals surface area contributed by atoms with Crippen molar-refractivity contribution in [3.05, 3.63) is 12.4 Å². The van der Waals surface area contributed by atoms with E-state index in [0.717, 1.165) is 0 Å². The molecule has 1 aliphatic rings. The molecule has 0 amide bonds. The predicted octanol–water partition coefficient (Wildman–Crippen LogP) is 12.4. The second-order valence-corrected chi connectivity index (χ2v) is 12.5. The van der Waals surface area contributed by atoms with Crippen LogP contribution in [0.4, 0.5) is 0 Å². The average Bonchev–Trinajstić information content (AvgIpc) is 3.31. The third-order valence-corrected chi connectivity index (χ3v) is 8.82. The summed E-state index contributed by atoms with van der Waals surface area (Å²) in [4.78, 5) is 5.37.